The second kappa shape index (κ2) is 11.4. The molecule has 5 aromatic rings. The van der Waals surface area contributed by atoms with E-state index < -0.39 is 11.6 Å². The van der Waals surface area contributed by atoms with Crippen LogP contribution in [0.15, 0.2) is 130 Å². The minimum Gasteiger partial charge on any atom is -0.481 e. The molecular weight excluding hydrogens is 500 g/mol. The second-order valence-electron chi connectivity index (χ2n) is 10.1. The molecule has 0 bridgehead atoms. The van der Waals surface area contributed by atoms with E-state index in [9.17, 15) is 4.79 Å². The van der Waals surface area contributed by atoms with Crippen LogP contribution in [0.2, 0.25) is 0 Å². The van der Waals surface area contributed by atoms with E-state index in [0.717, 1.165) is 33.2 Å². The average Bonchev–Trinajstić information content (AvgIpc) is 2.93. The van der Waals surface area contributed by atoms with Gasteiger partial charge in [-0.2, -0.15) is 0 Å². The molecule has 0 radical (unpaired) electrons. The van der Waals surface area contributed by atoms with Gasteiger partial charge in [-0.05, 0) is 73.9 Å². The monoisotopic (exact) mass is 533 g/mol. The van der Waals surface area contributed by atoms with Crippen LogP contribution < -0.4 is 4.74 Å². The number of rotatable bonds is 8. The lowest BCUT2D eigenvalue weighted by molar-refractivity contribution is -0.159. The topological polar surface area (TPSA) is 35.5 Å². The van der Waals surface area contributed by atoms with Crippen LogP contribution >= 0.6 is 0 Å². The second-order valence-corrected chi connectivity index (χ2v) is 12.1. The standard InChI is InChI=1S/C35H33O3S/c1-25-22-30(39(28-16-7-5-8-17-28)29-18-9-6-10-19-29)23-26(2)34(25)37-24-33(36)38-35(3,4)32-21-13-15-27-14-11-12-20-31(27)32/h5-23H,24H2,1-4H3/q+1. The Labute approximate surface area is 233 Å². The Kier molecular flexibility index (Phi) is 7.76. The summed E-state index contributed by atoms with van der Waals surface area (Å²) in [6.07, 6.45) is 0. The van der Waals surface area contributed by atoms with Gasteiger partial charge in [-0.15, -0.1) is 0 Å². The van der Waals surface area contributed by atoms with Gasteiger partial charge in [0.15, 0.2) is 21.3 Å². The molecule has 0 aliphatic heterocycles. The third kappa shape index (κ3) is 5.86. The van der Waals surface area contributed by atoms with Gasteiger partial charge in [0.05, 0.1) is 10.9 Å². The fourth-order valence-corrected chi connectivity index (χ4v) is 7.29. The molecule has 39 heavy (non-hydrogen) atoms. The zero-order valence-corrected chi connectivity index (χ0v) is 23.6. The number of esters is 1. The Morgan fingerprint density at radius 1 is 0.692 bits per heavy atom. The minimum absolute atomic E-state index is 0.154. The normalized spacial score (nSPS) is 11.5. The molecule has 0 N–H and O–H groups in total. The third-order valence-electron chi connectivity index (χ3n) is 6.77. The van der Waals surface area contributed by atoms with E-state index in [1.54, 1.807) is 0 Å². The Hall–Kier alpha value is -4.02. The van der Waals surface area contributed by atoms with Crippen molar-refractivity contribution in [2.24, 2.45) is 0 Å². The Bertz CT molecular complexity index is 1530. The number of carbonyl (C=O) groups excluding carboxylic acids is 1. The fraction of sp³-hybridized carbons (Fsp3) is 0.171. The van der Waals surface area contributed by atoms with Crippen molar-refractivity contribution in [3.8, 4) is 5.75 Å². The number of fused-ring (bicyclic) bond motifs is 1. The molecule has 3 nitrogen and oxygen atoms in total. The third-order valence-corrected chi connectivity index (χ3v) is 8.96. The summed E-state index contributed by atoms with van der Waals surface area (Å²) in [6, 6.07) is 39.7. The first-order valence-electron chi connectivity index (χ1n) is 13.1. The largest absolute Gasteiger partial charge is 0.481 e. The molecule has 0 atom stereocenters. The van der Waals surface area contributed by atoms with Crippen molar-refractivity contribution in [3.63, 3.8) is 0 Å². The predicted octanol–water partition coefficient (Wildman–Crippen LogP) is 8.41. The molecular formula is C35H33O3S+. The maximum absolute atomic E-state index is 13.0. The molecule has 5 aromatic carbocycles. The van der Waals surface area contributed by atoms with Crippen LogP contribution in [0.3, 0.4) is 0 Å². The van der Waals surface area contributed by atoms with Gasteiger partial charge in [0.1, 0.15) is 11.4 Å². The number of carbonyl (C=O) groups is 1. The molecule has 4 heteroatoms. The lowest BCUT2D eigenvalue weighted by Gasteiger charge is -2.27. The van der Waals surface area contributed by atoms with Gasteiger partial charge in [0.25, 0.3) is 0 Å². The van der Waals surface area contributed by atoms with E-state index in [0.29, 0.717) is 0 Å². The van der Waals surface area contributed by atoms with Gasteiger partial charge >= 0.3 is 5.97 Å². The molecule has 0 aliphatic carbocycles. The zero-order chi connectivity index (χ0) is 27.4. The SMILES string of the molecule is Cc1cc([S+](c2ccccc2)c2ccccc2)cc(C)c1OCC(=O)OC(C)(C)c1cccc2ccccc12. The van der Waals surface area contributed by atoms with Crippen molar-refractivity contribution in [1.82, 2.24) is 0 Å². The highest BCUT2D eigenvalue weighted by Crippen LogP contribution is 2.36. The Morgan fingerprint density at radius 3 is 1.85 bits per heavy atom. The van der Waals surface area contributed by atoms with E-state index in [1.807, 2.05) is 64.1 Å². The van der Waals surface area contributed by atoms with Crippen LogP contribution in [0.1, 0.15) is 30.5 Å². The summed E-state index contributed by atoms with van der Waals surface area (Å²) in [4.78, 5) is 16.7. The van der Waals surface area contributed by atoms with Gasteiger partial charge in [-0.3, -0.25) is 0 Å². The summed E-state index contributed by atoms with van der Waals surface area (Å²) in [5, 5.41) is 2.19. The Morgan fingerprint density at radius 2 is 1.23 bits per heavy atom. The van der Waals surface area contributed by atoms with Crippen molar-refractivity contribution in [2.75, 3.05) is 6.61 Å². The van der Waals surface area contributed by atoms with E-state index in [1.165, 1.54) is 14.7 Å². The van der Waals surface area contributed by atoms with Gasteiger partial charge in [-0.1, -0.05) is 78.9 Å². The van der Waals surface area contributed by atoms with Crippen LogP contribution in [0.4, 0.5) is 0 Å². The number of benzene rings is 5. The van der Waals surface area contributed by atoms with Gasteiger partial charge in [0, 0.05) is 17.7 Å². The molecule has 0 spiro atoms. The molecule has 0 amide bonds. The van der Waals surface area contributed by atoms with Crippen LogP contribution in [-0.4, -0.2) is 12.6 Å². The lowest BCUT2D eigenvalue weighted by Crippen LogP contribution is -2.29. The fourth-order valence-electron chi connectivity index (χ4n) is 5.03. The maximum atomic E-state index is 13.0. The average molecular weight is 534 g/mol. The number of ether oxygens (including phenoxy) is 2. The van der Waals surface area contributed by atoms with Crippen LogP contribution in [-0.2, 0) is 26.0 Å². The lowest BCUT2D eigenvalue weighted by atomic mass is 9.92. The van der Waals surface area contributed by atoms with Crippen molar-refractivity contribution in [1.29, 1.82) is 0 Å². The van der Waals surface area contributed by atoms with E-state index >= 15 is 0 Å². The number of aryl methyl sites for hydroxylation is 2. The van der Waals surface area contributed by atoms with E-state index in [4.69, 9.17) is 9.47 Å². The molecule has 0 aromatic heterocycles. The van der Waals surface area contributed by atoms with Crippen molar-refractivity contribution in [3.05, 3.63) is 132 Å². The molecule has 5 rings (SSSR count). The predicted molar refractivity (Wildman–Crippen MR) is 160 cm³/mol. The summed E-state index contributed by atoms with van der Waals surface area (Å²) in [6.45, 7) is 7.76. The Balaban J connectivity index is 1.35. The van der Waals surface area contributed by atoms with E-state index in [2.05, 4.69) is 78.9 Å². The van der Waals surface area contributed by atoms with Crippen LogP contribution in [0.5, 0.6) is 5.75 Å². The van der Waals surface area contributed by atoms with E-state index in [-0.39, 0.29) is 17.5 Å². The minimum atomic E-state index is -0.797. The van der Waals surface area contributed by atoms with Crippen molar-refractivity contribution < 1.29 is 14.3 Å². The van der Waals surface area contributed by atoms with Gasteiger partial charge in [-0.25, -0.2) is 4.79 Å². The summed E-state index contributed by atoms with van der Waals surface area (Å²) >= 11 is 0. The highest BCUT2D eigenvalue weighted by molar-refractivity contribution is 7.97. The molecule has 196 valence electrons. The molecule has 0 unspecified atom stereocenters. The molecule has 0 saturated carbocycles. The van der Waals surface area contributed by atoms with Crippen molar-refractivity contribution >= 4 is 27.6 Å². The maximum Gasteiger partial charge on any atom is 0.345 e. The number of hydrogen-bond acceptors (Lipinski definition) is 3. The van der Waals surface area contributed by atoms with Crippen LogP contribution in [0, 0.1) is 13.8 Å². The van der Waals surface area contributed by atoms with Gasteiger partial charge in [0.2, 0.25) is 0 Å². The molecule has 0 fully saturated rings. The molecule has 0 saturated heterocycles. The number of hydrogen-bond donors (Lipinski definition) is 0. The smallest absolute Gasteiger partial charge is 0.345 e. The highest BCUT2D eigenvalue weighted by Gasteiger charge is 2.30. The highest BCUT2D eigenvalue weighted by atomic mass is 32.2. The summed E-state index contributed by atoms with van der Waals surface area (Å²) in [5.74, 6) is 0.326. The summed E-state index contributed by atoms with van der Waals surface area (Å²) < 4.78 is 12.0. The quantitative estimate of drug-likeness (QED) is 0.148. The first-order valence-corrected chi connectivity index (χ1v) is 14.3. The van der Waals surface area contributed by atoms with Gasteiger partial charge < -0.3 is 9.47 Å². The van der Waals surface area contributed by atoms with Crippen molar-refractivity contribution in [2.45, 2.75) is 48.0 Å². The molecule has 0 aliphatic rings. The summed E-state index contributed by atoms with van der Waals surface area (Å²) in [5.41, 5.74) is 2.17. The van der Waals surface area contributed by atoms with Crippen LogP contribution in [0.25, 0.3) is 10.8 Å². The first-order chi connectivity index (χ1) is 18.8. The summed E-state index contributed by atoms with van der Waals surface area (Å²) in [7, 11) is -0.250. The molecule has 0 heterocycles. The zero-order valence-electron chi connectivity index (χ0n) is 22.8. The first kappa shape index (κ1) is 26.6.